The first-order valence-electron chi connectivity index (χ1n) is 7.75. The van der Waals surface area contributed by atoms with Crippen LogP contribution in [-0.2, 0) is 11.3 Å². The second kappa shape index (κ2) is 6.39. The van der Waals surface area contributed by atoms with Crippen LogP contribution in [0.3, 0.4) is 0 Å². The standard InChI is InChI=1S/C17H19N5O3/c1-17(2,3)25-16(23)24-15-21-12-13(18)19-10-20-14(12)22(15)9-11-7-5-4-6-8-11/h4-8,10H,9H2,1-3H3,(H2,18,19,20). The molecule has 0 aliphatic heterocycles. The molecular formula is C17H19N5O3. The first-order valence-corrected chi connectivity index (χ1v) is 7.75. The van der Waals surface area contributed by atoms with Crippen molar-refractivity contribution in [2.24, 2.45) is 0 Å². The summed E-state index contributed by atoms with van der Waals surface area (Å²) in [6.45, 7) is 5.67. The van der Waals surface area contributed by atoms with Crippen LogP contribution in [0.15, 0.2) is 36.7 Å². The number of hydrogen-bond acceptors (Lipinski definition) is 7. The average Bonchev–Trinajstić information content (AvgIpc) is 2.86. The summed E-state index contributed by atoms with van der Waals surface area (Å²) in [5.41, 5.74) is 7.04. The second-order valence-electron chi connectivity index (χ2n) is 6.46. The van der Waals surface area contributed by atoms with Gasteiger partial charge in [-0.1, -0.05) is 30.3 Å². The van der Waals surface area contributed by atoms with Gasteiger partial charge < -0.3 is 15.2 Å². The number of aromatic nitrogens is 4. The Hall–Kier alpha value is -3.16. The van der Waals surface area contributed by atoms with Crippen LogP contribution in [0.5, 0.6) is 6.01 Å². The lowest BCUT2D eigenvalue weighted by Gasteiger charge is -2.18. The molecule has 0 spiro atoms. The molecule has 0 bridgehead atoms. The van der Waals surface area contributed by atoms with Crippen molar-refractivity contribution in [3.8, 4) is 6.01 Å². The van der Waals surface area contributed by atoms with E-state index in [-0.39, 0.29) is 11.8 Å². The lowest BCUT2D eigenvalue weighted by molar-refractivity contribution is 0.0181. The molecule has 3 aromatic rings. The number of carbonyl (C=O) groups excluding carboxylic acids is 1. The maximum atomic E-state index is 12.0. The van der Waals surface area contributed by atoms with E-state index in [9.17, 15) is 4.79 Å². The van der Waals surface area contributed by atoms with E-state index in [2.05, 4.69) is 15.0 Å². The fraction of sp³-hybridized carbons (Fsp3) is 0.294. The molecule has 0 radical (unpaired) electrons. The SMILES string of the molecule is CC(C)(C)OC(=O)Oc1nc2c(N)ncnc2n1Cc1ccccc1. The summed E-state index contributed by atoms with van der Waals surface area (Å²) in [4.78, 5) is 24.4. The average molecular weight is 341 g/mol. The molecule has 0 unspecified atom stereocenters. The highest BCUT2D eigenvalue weighted by molar-refractivity contribution is 5.83. The number of carbonyl (C=O) groups is 1. The Morgan fingerprint density at radius 3 is 2.60 bits per heavy atom. The van der Waals surface area contributed by atoms with Gasteiger partial charge in [-0.25, -0.2) is 14.8 Å². The largest absolute Gasteiger partial charge is 0.516 e. The normalized spacial score (nSPS) is 11.5. The van der Waals surface area contributed by atoms with Crippen LogP contribution in [0.1, 0.15) is 26.3 Å². The third kappa shape index (κ3) is 3.85. The Morgan fingerprint density at radius 1 is 1.20 bits per heavy atom. The lowest BCUT2D eigenvalue weighted by Crippen LogP contribution is -2.26. The molecule has 0 atom stereocenters. The zero-order chi connectivity index (χ0) is 18.0. The predicted octanol–water partition coefficient (Wildman–Crippen LogP) is 2.77. The Balaban J connectivity index is 2.00. The van der Waals surface area contributed by atoms with Crippen molar-refractivity contribution in [3.63, 3.8) is 0 Å². The van der Waals surface area contributed by atoms with Gasteiger partial charge in [-0.05, 0) is 26.3 Å². The number of anilines is 1. The van der Waals surface area contributed by atoms with Gasteiger partial charge in [-0.2, -0.15) is 4.98 Å². The minimum absolute atomic E-state index is 0.0558. The molecule has 0 amide bonds. The van der Waals surface area contributed by atoms with E-state index >= 15 is 0 Å². The van der Waals surface area contributed by atoms with E-state index in [1.54, 1.807) is 25.3 Å². The van der Waals surface area contributed by atoms with E-state index in [1.165, 1.54) is 6.33 Å². The van der Waals surface area contributed by atoms with Crippen LogP contribution >= 0.6 is 0 Å². The molecule has 1 aromatic carbocycles. The van der Waals surface area contributed by atoms with Crippen LogP contribution < -0.4 is 10.5 Å². The lowest BCUT2D eigenvalue weighted by atomic mass is 10.2. The van der Waals surface area contributed by atoms with Crippen molar-refractivity contribution in [2.75, 3.05) is 5.73 Å². The fourth-order valence-corrected chi connectivity index (χ4v) is 2.27. The highest BCUT2D eigenvalue weighted by Crippen LogP contribution is 2.24. The minimum atomic E-state index is -0.844. The summed E-state index contributed by atoms with van der Waals surface area (Å²) >= 11 is 0. The molecule has 0 aliphatic rings. The molecule has 130 valence electrons. The van der Waals surface area contributed by atoms with Gasteiger partial charge in [0.1, 0.15) is 11.9 Å². The van der Waals surface area contributed by atoms with Crippen molar-refractivity contribution < 1.29 is 14.3 Å². The summed E-state index contributed by atoms with van der Waals surface area (Å²) in [6.07, 6.45) is 0.501. The number of nitrogen functional groups attached to an aromatic ring is 1. The van der Waals surface area contributed by atoms with Crippen LogP contribution in [-0.4, -0.2) is 31.3 Å². The first kappa shape index (κ1) is 16.7. The van der Waals surface area contributed by atoms with Crippen molar-refractivity contribution in [1.29, 1.82) is 0 Å². The molecule has 8 nitrogen and oxygen atoms in total. The molecule has 3 rings (SSSR count). The maximum absolute atomic E-state index is 12.0. The number of benzene rings is 1. The van der Waals surface area contributed by atoms with Gasteiger partial charge in [0.2, 0.25) is 0 Å². The molecule has 2 heterocycles. The molecule has 2 aromatic heterocycles. The van der Waals surface area contributed by atoms with Gasteiger partial charge >= 0.3 is 12.2 Å². The van der Waals surface area contributed by atoms with Gasteiger partial charge in [0.25, 0.3) is 0 Å². The third-order valence-corrected chi connectivity index (χ3v) is 3.27. The molecule has 0 fully saturated rings. The van der Waals surface area contributed by atoms with E-state index in [1.807, 2.05) is 30.3 Å². The molecule has 8 heteroatoms. The first-order chi connectivity index (χ1) is 11.8. The highest BCUT2D eigenvalue weighted by atomic mass is 16.7. The number of nitrogens with two attached hydrogens (primary N) is 1. The van der Waals surface area contributed by atoms with Gasteiger partial charge in [0, 0.05) is 0 Å². The predicted molar refractivity (Wildman–Crippen MR) is 92.1 cm³/mol. The van der Waals surface area contributed by atoms with Crippen LogP contribution in [0.4, 0.5) is 10.6 Å². The number of imidazole rings is 1. The molecule has 0 aliphatic carbocycles. The van der Waals surface area contributed by atoms with Crippen molar-refractivity contribution in [3.05, 3.63) is 42.2 Å². The number of rotatable bonds is 3. The van der Waals surface area contributed by atoms with Crippen LogP contribution in [0.2, 0.25) is 0 Å². The molecule has 2 N–H and O–H groups in total. The van der Waals surface area contributed by atoms with E-state index in [4.69, 9.17) is 15.2 Å². The minimum Gasteiger partial charge on any atom is -0.428 e. The number of nitrogens with zero attached hydrogens (tertiary/aromatic N) is 4. The monoisotopic (exact) mass is 341 g/mol. The molecule has 25 heavy (non-hydrogen) atoms. The second-order valence-corrected chi connectivity index (χ2v) is 6.46. The maximum Gasteiger partial charge on any atom is 0.516 e. The van der Waals surface area contributed by atoms with Crippen molar-refractivity contribution >= 4 is 23.1 Å². The molecule has 0 saturated carbocycles. The third-order valence-electron chi connectivity index (χ3n) is 3.27. The Bertz CT molecular complexity index is 900. The van der Waals surface area contributed by atoms with Crippen molar-refractivity contribution in [2.45, 2.75) is 32.9 Å². The topological polar surface area (TPSA) is 105 Å². The Kier molecular flexibility index (Phi) is 4.26. The summed E-state index contributed by atoms with van der Waals surface area (Å²) in [5, 5.41) is 0. The van der Waals surface area contributed by atoms with Gasteiger partial charge in [0.05, 0.1) is 6.54 Å². The molecule has 0 saturated heterocycles. The van der Waals surface area contributed by atoms with Gasteiger partial charge in [0.15, 0.2) is 17.0 Å². The summed E-state index contributed by atoms with van der Waals surface area (Å²) in [5.74, 6) is 0.214. The number of ether oxygens (including phenoxy) is 2. The Labute approximate surface area is 144 Å². The van der Waals surface area contributed by atoms with Crippen LogP contribution in [0.25, 0.3) is 11.2 Å². The van der Waals surface area contributed by atoms with E-state index < -0.39 is 11.8 Å². The number of fused-ring (bicyclic) bond motifs is 1. The zero-order valence-electron chi connectivity index (χ0n) is 14.3. The summed E-state index contributed by atoms with van der Waals surface area (Å²) in [7, 11) is 0. The summed E-state index contributed by atoms with van der Waals surface area (Å²) < 4.78 is 12.2. The van der Waals surface area contributed by atoms with Crippen molar-refractivity contribution in [1.82, 2.24) is 19.5 Å². The van der Waals surface area contributed by atoms with E-state index in [0.717, 1.165) is 5.56 Å². The zero-order valence-corrected chi connectivity index (χ0v) is 14.3. The van der Waals surface area contributed by atoms with Gasteiger partial charge in [-0.3, -0.25) is 4.57 Å². The smallest absolute Gasteiger partial charge is 0.428 e. The van der Waals surface area contributed by atoms with E-state index in [0.29, 0.717) is 17.7 Å². The Morgan fingerprint density at radius 2 is 1.92 bits per heavy atom. The fourth-order valence-electron chi connectivity index (χ4n) is 2.27. The quantitative estimate of drug-likeness (QED) is 0.730. The summed E-state index contributed by atoms with van der Waals surface area (Å²) in [6, 6.07) is 9.73. The number of hydrogen-bond donors (Lipinski definition) is 1. The van der Waals surface area contributed by atoms with Crippen LogP contribution in [0, 0.1) is 0 Å². The van der Waals surface area contributed by atoms with Gasteiger partial charge in [-0.15, -0.1) is 0 Å². The molecular weight excluding hydrogens is 322 g/mol. The highest BCUT2D eigenvalue weighted by Gasteiger charge is 2.23.